The van der Waals surface area contributed by atoms with Gasteiger partial charge in [0, 0.05) is 28.7 Å². The van der Waals surface area contributed by atoms with E-state index < -0.39 is 0 Å². The van der Waals surface area contributed by atoms with E-state index in [1.165, 1.54) is 0 Å². The third kappa shape index (κ3) is 1.26. The zero-order valence-corrected chi connectivity index (χ0v) is 9.50. The van der Waals surface area contributed by atoms with Gasteiger partial charge in [0.05, 0.1) is 11.7 Å². The summed E-state index contributed by atoms with van der Waals surface area (Å²) in [5.41, 5.74) is 1.61. The molecule has 0 radical (unpaired) electrons. The summed E-state index contributed by atoms with van der Waals surface area (Å²) in [5, 5.41) is 1.01. The van der Waals surface area contributed by atoms with Crippen LogP contribution in [-0.4, -0.2) is 9.55 Å². The lowest BCUT2D eigenvalue weighted by atomic mass is 10.2. The lowest BCUT2D eigenvalue weighted by Gasteiger charge is -2.06. The number of fused-ring (bicyclic) bond motifs is 1. The van der Waals surface area contributed by atoms with Gasteiger partial charge in [0.15, 0.2) is 0 Å². The molecular formula is C10H9BrN2O. The summed E-state index contributed by atoms with van der Waals surface area (Å²) >= 11 is 3.41. The molecule has 0 N–H and O–H groups in total. The smallest absolute Gasteiger partial charge is 0.253 e. The molecule has 2 heterocycles. The number of aromatic nitrogens is 2. The summed E-state index contributed by atoms with van der Waals surface area (Å²) in [6.45, 7) is 1.81. The van der Waals surface area contributed by atoms with Crippen LogP contribution in [0.2, 0.25) is 0 Å². The van der Waals surface area contributed by atoms with Crippen LogP contribution in [0.3, 0.4) is 0 Å². The van der Waals surface area contributed by atoms with Gasteiger partial charge in [0.25, 0.3) is 5.56 Å². The zero-order valence-electron chi connectivity index (χ0n) is 7.91. The second-order valence-corrected chi connectivity index (χ2v) is 4.10. The highest BCUT2D eigenvalue weighted by Gasteiger charge is 2.05. The minimum atomic E-state index is 0.0254. The van der Waals surface area contributed by atoms with Crippen molar-refractivity contribution in [1.82, 2.24) is 9.55 Å². The van der Waals surface area contributed by atoms with E-state index in [-0.39, 0.29) is 5.56 Å². The zero-order chi connectivity index (χ0) is 10.3. The van der Waals surface area contributed by atoms with Gasteiger partial charge in [-0.15, -0.1) is 0 Å². The molecule has 2 aromatic heterocycles. The normalized spacial score (nSPS) is 10.8. The molecule has 0 bridgehead atoms. The lowest BCUT2D eigenvalue weighted by Crippen LogP contribution is -2.19. The molecule has 3 nitrogen and oxygen atoms in total. The first-order valence-electron chi connectivity index (χ1n) is 4.21. The van der Waals surface area contributed by atoms with Gasteiger partial charge in [-0.3, -0.25) is 9.78 Å². The number of nitrogens with zero attached hydrogens (tertiary/aromatic N) is 2. The molecule has 0 aliphatic carbocycles. The fourth-order valence-electron chi connectivity index (χ4n) is 1.50. The Morgan fingerprint density at radius 3 is 2.86 bits per heavy atom. The molecule has 0 fully saturated rings. The maximum atomic E-state index is 11.6. The van der Waals surface area contributed by atoms with E-state index in [4.69, 9.17) is 0 Å². The van der Waals surface area contributed by atoms with Crippen LogP contribution in [0.5, 0.6) is 0 Å². The van der Waals surface area contributed by atoms with Crippen molar-refractivity contribution >= 4 is 26.8 Å². The number of hydrogen-bond donors (Lipinski definition) is 0. The highest BCUT2D eigenvalue weighted by molar-refractivity contribution is 9.10. The number of rotatable bonds is 0. The van der Waals surface area contributed by atoms with Crippen molar-refractivity contribution in [3.8, 4) is 0 Å². The molecule has 0 saturated heterocycles. The fraction of sp³-hybridized carbons (Fsp3) is 0.200. The van der Waals surface area contributed by atoms with Crippen molar-refractivity contribution < 1.29 is 0 Å². The Bertz CT molecular complexity index is 560. The molecule has 14 heavy (non-hydrogen) atoms. The minimum absolute atomic E-state index is 0.0254. The first-order valence-corrected chi connectivity index (χ1v) is 5.00. The second kappa shape index (κ2) is 3.20. The molecule has 72 valence electrons. The van der Waals surface area contributed by atoms with Crippen molar-refractivity contribution in [2.24, 2.45) is 7.05 Å². The van der Waals surface area contributed by atoms with Gasteiger partial charge < -0.3 is 4.57 Å². The summed E-state index contributed by atoms with van der Waals surface area (Å²) in [5.74, 6) is 0. The SMILES string of the molecule is Cc1cc2c(Br)cncc2n(C)c1=O. The molecular weight excluding hydrogens is 244 g/mol. The van der Waals surface area contributed by atoms with Crippen LogP contribution in [0.1, 0.15) is 5.56 Å². The molecule has 0 amide bonds. The number of halogens is 1. The maximum Gasteiger partial charge on any atom is 0.253 e. The summed E-state index contributed by atoms with van der Waals surface area (Å²) in [4.78, 5) is 15.7. The Morgan fingerprint density at radius 2 is 2.14 bits per heavy atom. The van der Waals surface area contributed by atoms with Crippen LogP contribution in [0.4, 0.5) is 0 Å². The molecule has 0 aromatic carbocycles. The van der Waals surface area contributed by atoms with Gasteiger partial charge in [0.2, 0.25) is 0 Å². The predicted octanol–water partition coefficient (Wildman–Crippen LogP) is 2.00. The van der Waals surface area contributed by atoms with Crippen molar-refractivity contribution in [3.63, 3.8) is 0 Å². The molecule has 0 saturated carbocycles. The first kappa shape index (κ1) is 9.40. The minimum Gasteiger partial charge on any atom is -0.310 e. The molecule has 0 aliphatic heterocycles. The van der Waals surface area contributed by atoms with E-state index >= 15 is 0 Å². The molecule has 2 rings (SSSR count). The van der Waals surface area contributed by atoms with Crippen LogP contribution in [0.25, 0.3) is 10.9 Å². The van der Waals surface area contributed by atoms with Crippen LogP contribution in [0, 0.1) is 6.92 Å². The van der Waals surface area contributed by atoms with Crippen LogP contribution < -0.4 is 5.56 Å². The largest absolute Gasteiger partial charge is 0.310 e. The topological polar surface area (TPSA) is 34.9 Å². The molecule has 0 spiro atoms. The summed E-state index contributed by atoms with van der Waals surface area (Å²) in [6.07, 6.45) is 3.42. The van der Waals surface area contributed by atoms with Crippen LogP contribution in [0.15, 0.2) is 27.7 Å². The van der Waals surface area contributed by atoms with Gasteiger partial charge in [0.1, 0.15) is 0 Å². The van der Waals surface area contributed by atoms with E-state index in [2.05, 4.69) is 20.9 Å². The Balaban J connectivity index is 3.06. The lowest BCUT2D eigenvalue weighted by molar-refractivity contribution is 0.889. The number of aryl methyl sites for hydroxylation is 2. The Kier molecular flexibility index (Phi) is 2.15. The van der Waals surface area contributed by atoms with E-state index in [9.17, 15) is 4.79 Å². The van der Waals surface area contributed by atoms with Gasteiger partial charge in [-0.2, -0.15) is 0 Å². The average Bonchev–Trinajstić information content (AvgIpc) is 2.17. The molecule has 0 unspecified atom stereocenters. The van der Waals surface area contributed by atoms with Gasteiger partial charge in [-0.1, -0.05) is 0 Å². The van der Waals surface area contributed by atoms with E-state index in [1.54, 1.807) is 24.0 Å². The summed E-state index contributed by atoms with van der Waals surface area (Å²) < 4.78 is 2.52. The maximum absolute atomic E-state index is 11.6. The standard InChI is InChI=1S/C10H9BrN2O/c1-6-3-7-8(11)4-12-5-9(7)13(2)10(6)14/h3-5H,1-2H3. The monoisotopic (exact) mass is 252 g/mol. The third-order valence-corrected chi connectivity index (χ3v) is 2.91. The number of hydrogen-bond acceptors (Lipinski definition) is 2. The van der Waals surface area contributed by atoms with Crippen molar-refractivity contribution in [2.75, 3.05) is 0 Å². The Hall–Kier alpha value is -1.16. The summed E-state index contributed by atoms with van der Waals surface area (Å²) in [7, 11) is 1.76. The van der Waals surface area contributed by atoms with Crippen LogP contribution >= 0.6 is 15.9 Å². The number of pyridine rings is 2. The van der Waals surface area contributed by atoms with E-state index in [1.807, 2.05) is 13.0 Å². The third-order valence-electron chi connectivity index (χ3n) is 2.28. The predicted molar refractivity (Wildman–Crippen MR) is 59.4 cm³/mol. The molecule has 0 aliphatic rings. The average molecular weight is 253 g/mol. The van der Waals surface area contributed by atoms with E-state index in [0.29, 0.717) is 0 Å². The second-order valence-electron chi connectivity index (χ2n) is 3.25. The van der Waals surface area contributed by atoms with Crippen molar-refractivity contribution in [2.45, 2.75) is 6.92 Å². The highest BCUT2D eigenvalue weighted by atomic mass is 79.9. The summed E-state index contributed by atoms with van der Waals surface area (Å²) in [6, 6.07) is 1.88. The first-order chi connectivity index (χ1) is 6.61. The molecule has 2 aromatic rings. The van der Waals surface area contributed by atoms with Gasteiger partial charge in [-0.05, 0) is 28.9 Å². The van der Waals surface area contributed by atoms with Gasteiger partial charge in [-0.25, -0.2) is 0 Å². The highest BCUT2D eigenvalue weighted by Crippen LogP contribution is 2.21. The quantitative estimate of drug-likeness (QED) is 0.719. The van der Waals surface area contributed by atoms with E-state index in [0.717, 1.165) is 20.9 Å². The van der Waals surface area contributed by atoms with Gasteiger partial charge >= 0.3 is 0 Å². The fourth-order valence-corrected chi connectivity index (χ4v) is 1.93. The Morgan fingerprint density at radius 1 is 1.43 bits per heavy atom. The molecule has 4 heteroatoms. The van der Waals surface area contributed by atoms with Crippen LogP contribution in [-0.2, 0) is 7.05 Å². The Labute approximate surface area is 89.5 Å². The van der Waals surface area contributed by atoms with Crippen molar-refractivity contribution in [3.05, 3.63) is 38.9 Å². The molecule has 0 atom stereocenters. The van der Waals surface area contributed by atoms with Crippen molar-refractivity contribution in [1.29, 1.82) is 0 Å².